The smallest absolute Gasteiger partial charge is 0.327 e. The van der Waals surface area contributed by atoms with E-state index in [0.717, 1.165) is 0 Å². The number of thioether (sulfide) groups is 1. The minimum Gasteiger partial charge on any atom is -0.480 e. The largest absolute Gasteiger partial charge is 0.480 e. The number of nitrogens with zero attached hydrogens (tertiary/aromatic N) is 2. The van der Waals surface area contributed by atoms with Crippen LogP contribution >= 0.6 is 11.8 Å². The molecule has 1 amide bonds. The van der Waals surface area contributed by atoms with Gasteiger partial charge in [-0.05, 0) is 0 Å². The average Bonchev–Trinajstić information content (AvgIpc) is 2.96. The summed E-state index contributed by atoms with van der Waals surface area (Å²) in [6.07, 6.45) is 0. The number of methoxy groups -OCH3 is 1. The first-order chi connectivity index (χ1) is 8.63. The van der Waals surface area contributed by atoms with Crippen LogP contribution in [0, 0.1) is 0 Å². The van der Waals surface area contributed by atoms with E-state index in [1.807, 2.05) is 0 Å². The number of ether oxygens (including phenoxy) is 1. The van der Waals surface area contributed by atoms with E-state index in [-0.39, 0.29) is 12.3 Å². The Hall–Kier alpha value is -1.54. The van der Waals surface area contributed by atoms with Crippen LogP contribution in [0.2, 0.25) is 0 Å². The predicted octanol–water partition coefficient (Wildman–Crippen LogP) is 0.421. The number of carboxylic acid groups (broad SMARTS) is 1. The van der Waals surface area contributed by atoms with Gasteiger partial charge in [0.2, 0.25) is 0 Å². The highest BCUT2D eigenvalue weighted by Gasteiger charge is 2.36. The van der Waals surface area contributed by atoms with E-state index in [0.29, 0.717) is 17.4 Å². The lowest BCUT2D eigenvalue weighted by Gasteiger charge is -2.18. The number of amides is 1. The van der Waals surface area contributed by atoms with Crippen molar-refractivity contribution in [1.82, 2.24) is 10.1 Å². The fourth-order valence-electron chi connectivity index (χ4n) is 1.62. The van der Waals surface area contributed by atoms with Crippen molar-refractivity contribution in [3.05, 3.63) is 17.5 Å². The Morgan fingerprint density at radius 1 is 1.72 bits per heavy atom. The van der Waals surface area contributed by atoms with Crippen LogP contribution in [-0.4, -0.2) is 51.8 Å². The maximum absolute atomic E-state index is 12.1. The Labute approximate surface area is 107 Å². The number of carboxylic acids is 1. The Bertz CT molecular complexity index is 461. The van der Waals surface area contributed by atoms with Crippen LogP contribution in [0.25, 0.3) is 0 Å². The zero-order chi connectivity index (χ0) is 13.1. The Balaban J connectivity index is 2.12. The summed E-state index contributed by atoms with van der Waals surface area (Å²) in [5.74, 6) is -0.265. The van der Waals surface area contributed by atoms with Gasteiger partial charge in [-0.1, -0.05) is 5.16 Å². The molecular weight excluding hydrogens is 260 g/mol. The van der Waals surface area contributed by atoms with Crippen molar-refractivity contribution in [1.29, 1.82) is 0 Å². The van der Waals surface area contributed by atoms with Gasteiger partial charge in [0.15, 0.2) is 11.5 Å². The minimum atomic E-state index is -1.01. The molecule has 1 aliphatic heterocycles. The third kappa shape index (κ3) is 2.49. The van der Waals surface area contributed by atoms with Crippen LogP contribution in [0.15, 0.2) is 10.6 Å². The highest BCUT2D eigenvalue weighted by Crippen LogP contribution is 2.23. The summed E-state index contributed by atoms with van der Waals surface area (Å²) in [6.45, 7) is 0.220. The van der Waals surface area contributed by atoms with Gasteiger partial charge >= 0.3 is 5.97 Å². The third-order valence-electron chi connectivity index (χ3n) is 2.49. The first-order valence-electron chi connectivity index (χ1n) is 5.19. The molecule has 1 unspecified atom stereocenters. The number of rotatable bonds is 4. The summed E-state index contributed by atoms with van der Waals surface area (Å²) in [5, 5.41) is 12.6. The molecule has 1 aromatic rings. The molecule has 98 valence electrons. The fraction of sp³-hybridized carbons (Fsp3) is 0.500. The molecule has 7 nitrogen and oxygen atoms in total. The van der Waals surface area contributed by atoms with E-state index in [1.54, 1.807) is 0 Å². The van der Waals surface area contributed by atoms with Gasteiger partial charge in [-0.25, -0.2) is 4.79 Å². The lowest BCUT2D eigenvalue weighted by atomic mass is 10.2. The average molecular weight is 272 g/mol. The number of carbonyl (C=O) groups excluding carboxylic acids is 1. The molecule has 2 heterocycles. The second-order valence-electron chi connectivity index (χ2n) is 3.74. The van der Waals surface area contributed by atoms with Gasteiger partial charge in [-0.15, -0.1) is 11.8 Å². The number of hydrogen-bond acceptors (Lipinski definition) is 6. The van der Waals surface area contributed by atoms with E-state index < -0.39 is 17.9 Å². The molecule has 2 rings (SSSR count). The molecule has 0 bridgehead atoms. The molecule has 0 aromatic carbocycles. The van der Waals surface area contributed by atoms with Crippen LogP contribution in [0.3, 0.4) is 0 Å². The zero-order valence-corrected chi connectivity index (χ0v) is 10.5. The van der Waals surface area contributed by atoms with Crippen LogP contribution in [0.4, 0.5) is 0 Å². The van der Waals surface area contributed by atoms with Gasteiger partial charge in [-0.3, -0.25) is 4.79 Å². The van der Waals surface area contributed by atoms with E-state index in [2.05, 4.69) is 5.16 Å². The van der Waals surface area contributed by atoms with Crippen LogP contribution in [0.1, 0.15) is 16.2 Å². The lowest BCUT2D eigenvalue weighted by Crippen LogP contribution is -2.41. The molecule has 1 N–H and O–H groups in total. The first kappa shape index (κ1) is 12.9. The van der Waals surface area contributed by atoms with Gasteiger partial charge in [-0.2, -0.15) is 0 Å². The highest BCUT2D eigenvalue weighted by molar-refractivity contribution is 7.99. The molecule has 0 saturated carbocycles. The molecular formula is C10H12N2O5S. The van der Waals surface area contributed by atoms with Crippen molar-refractivity contribution in [2.75, 3.05) is 18.7 Å². The summed E-state index contributed by atoms with van der Waals surface area (Å²) in [6, 6.07) is 0.665. The summed E-state index contributed by atoms with van der Waals surface area (Å²) >= 11 is 1.40. The van der Waals surface area contributed by atoms with Crippen LogP contribution < -0.4 is 0 Å². The van der Waals surface area contributed by atoms with Gasteiger partial charge in [0, 0.05) is 18.9 Å². The third-order valence-corrected chi connectivity index (χ3v) is 3.51. The Kier molecular flexibility index (Phi) is 3.87. The molecule has 1 fully saturated rings. The van der Waals surface area contributed by atoms with Gasteiger partial charge in [0.05, 0.1) is 5.88 Å². The molecule has 0 spiro atoms. The molecule has 0 radical (unpaired) electrons. The normalized spacial score (nSPS) is 19.2. The van der Waals surface area contributed by atoms with Gasteiger partial charge in [0.1, 0.15) is 12.6 Å². The Morgan fingerprint density at radius 3 is 3.17 bits per heavy atom. The van der Waals surface area contributed by atoms with E-state index in [4.69, 9.17) is 14.4 Å². The molecule has 1 aliphatic rings. The predicted molar refractivity (Wildman–Crippen MR) is 62.1 cm³/mol. The number of aromatic nitrogens is 1. The number of carbonyl (C=O) groups is 2. The summed E-state index contributed by atoms with van der Waals surface area (Å²) in [4.78, 5) is 24.3. The SMILES string of the molecule is COCc1cc(C(=O)N2CSCC2C(=O)O)no1. The van der Waals surface area contributed by atoms with E-state index in [1.165, 1.54) is 29.8 Å². The summed E-state index contributed by atoms with van der Waals surface area (Å²) in [7, 11) is 1.50. The van der Waals surface area contributed by atoms with Crippen molar-refractivity contribution < 1.29 is 24.0 Å². The number of hydrogen-bond donors (Lipinski definition) is 1. The van der Waals surface area contributed by atoms with Crippen LogP contribution in [0.5, 0.6) is 0 Å². The fourth-order valence-corrected chi connectivity index (χ4v) is 2.76. The Morgan fingerprint density at radius 2 is 2.50 bits per heavy atom. The summed E-state index contributed by atoms with van der Waals surface area (Å²) in [5.41, 5.74) is 0.107. The zero-order valence-electron chi connectivity index (χ0n) is 9.66. The van der Waals surface area contributed by atoms with Crippen molar-refractivity contribution in [2.24, 2.45) is 0 Å². The van der Waals surface area contributed by atoms with E-state index >= 15 is 0 Å². The monoisotopic (exact) mass is 272 g/mol. The minimum absolute atomic E-state index is 0.107. The first-order valence-corrected chi connectivity index (χ1v) is 6.35. The molecule has 1 atom stereocenters. The second-order valence-corrected chi connectivity index (χ2v) is 4.74. The topological polar surface area (TPSA) is 92.9 Å². The standard InChI is InChI=1S/C10H12N2O5S/c1-16-3-6-2-7(11-17-6)9(13)12-5-18-4-8(12)10(14)15/h2,8H,3-5H2,1H3,(H,14,15). The van der Waals surface area contributed by atoms with Crippen molar-refractivity contribution in [3.8, 4) is 0 Å². The van der Waals surface area contributed by atoms with Crippen molar-refractivity contribution in [3.63, 3.8) is 0 Å². The molecule has 1 aromatic heterocycles. The van der Waals surface area contributed by atoms with Crippen molar-refractivity contribution in [2.45, 2.75) is 12.6 Å². The maximum Gasteiger partial charge on any atom is 0.327 e. The molecule has 18 heavy (non-hydrogen) atoms. The van der Waals surface area contributed by atoms with Crippen LogP contribution in [-0.2, 0) is 16.1 Å². The summed E-state index contributed by atoms with van der Waals surface area (Å²) < 4.78 is 9.75. The van der Waals surface area contributed by atoms with Crippen molar-refractivity contribution >= 4 is 23.6 Å². The molecule has 0 aliphatic carbocycles. The lowest BCUT2D eigenvalue weighted by molar-refractivity contribution is -0.140. The van der Waals surface area contributed by atoms with Gasteiger partial charge < -0.3 is 19.3 Å². The second kappa shape index (κ2) is 5.40. The van der Waals surface area contributed by atoms with Gasteiger partial charge in [0.25, 0.3) is 5.91 Å². The quantitative estimate of drug-likeness (QED) is 0.849. The van der Waals surface area contributed by atoms with E-state index in [9.17, 15) is 9.59 Å². The highest BCUT2D eigenvalue weighted by atomic mass is 32.2. The molecule has 1 saturated heterocycles. The molecule has 8 heteroatoms. The number of aliphatic carboxylic acids is 1. The maximum atomic E-state index is 12.1.